The van der Waals surface area contributed by atoms with Crippen molar-refractivity contribution in [3.63, 3.8) is 0 Å². The lowest BCUT2D eigenvalue weighted by molar-refractivity contribution is 0.00442. The number of hydrogen-bond donors (Lipinski definition) is 0. The fourth-order valence-corrected chi connectivity index (χ4v) is 0.317. The first-order chi connectivity index (χ1) is 4.09. The SMILES string of the molecule is [CH2]CC(F)[C@H](F)C(F)F. The highest BCUT2D eigenvalue weighted by molar-refractivity contribution is 4.70. The molecule has 2 atom stereocenters. The highest BCUT2D eigenvalue weighted by atomic mass is 19.3. The van der Waals surface area contributed by atoms with Gasteiger partial charge in [0.1, 0.15) is 6.17 Å². The van der Waals surface area contributed by atoms with Crippen molar-refractivity contribution in [3.05, 3.63) is 6.92 Å². The van der Waals surface area contributed by atoms with Gasteiger partial charge >= 0.3 is 0 Å². The Hall–Kier alpha value is -0.280. The molecule has 0 amide bonds. The Morgan fingerprint density at radius 3 is 1.67 bits per heavy atom. The second-order valence-electron chi connectivity index (χ2n) is 1.58. The van der Waals surface area contributed by atoms with E-state index in [1.807, 2.05) is 0 Å². The molecule has 0 saturated heterocycles. The molecule has 0 aromatic rings. The van der Waals surface area contributed by atoms with Crippen LogP contribution in [0.2, 0.25) is 0 Å². The number of rotatable bonds is 3. The summed E-state index contributed by atoms with van der Waals surface area (Å²) in [5.41, 5.74) is 0. The molecule has 0 fully saturated rings. The zero-order chi connectivity index (χ0) is 7.44. The van der Waals surface area contributed by atoms with E-state index in [1.165, 1.54) is 0 Å². The third kappa shape index (κ3) is 2.67. The van der Waals surface area contributed by atoms with Crippen molar-refractivity contribution >= 4 is 0 Å². The number of halogens is 4. The summed E-state index contributed by atoms with van der Waals surface area (Å²) in [6.45, 7) is 2.94. The van der Waals surface area contributed by atoms with Crippen molar-refractivity contribution < 1.29 is 17.6 Å². The highest BCUT2D eigenvalue weighted by Crippen LogP contribution is 2.14. The minimum Gasteiger partial charge on any atom is -0.244 e. The maximum Gasteiger partial charge on any atom is 0.272 e. The summed E-state index contributed by atoms with van der Waals surface area (Å²) in [7, 11) is 0. The van der Waals surface area contributed by atoms with Crippen LogP contribution in [0.15, 0.2) is 0 Å². The Morgan fingerprint density at radius 1 is 1.11 bits per heavy atom. The third-order valence-corrected chi connectivity index (χ3v) is 0.862. The van der Waals surface area contributed by atoms with Crippen LogP contribution in [-0.4, -0.2) is 18.8 Å². The number of hydrogen-bond acceptors (Lipinski definition) is 0. The monoisotopic (exact) mass is 143 g/mol. The van der Waals surface area contributed by atoms with Gasteiger partial charge in [0.25, 0.3) is 6.43 Å². The molecule has 9 heavy (non-hydrogen) atoms. The van der Waals surface area contributed by atoms with Gasteiger partial charge in [-0.05, 0) is 6.42 Å². The van der Waals surface area contributed by atoms with Gasteiger partial charge < -0.3 is 0 Å². The van der Waals surface area contributed by atoms with Gasteiger partial charge in [-0.2, -0.15) is 0 Å². The van der Waals surface area contributed by atoms with E-state index in [9.17, 15) is 17.6 Å². The van der Waals surface area contributed by atoms with Crippen LogP contribution in [0, 0.1) is 6.92 Å². The molecule has 0 aromatic heterocycles. The minimum atomic E-state index is -3.23. The van der Waals surface area contributed by atoms with Crippen molar-refractivity contribution in [2.24, 2.45) is 0 Å². The van der Waals surface area contributed by atoms with Gasteiger partial charge in [-0.3, -0.25) is 0 Å². The van der Waals surface area contributed by atoms with E-state index in [-0.39, 0.29) is 0 Å². The zero-order valence-corrected chi connectivity index (χ0v) is 4.66. The normalized spacial score (nSPS) is 18.0. The largest absolute Gasteiger partial charge is 0.272 e. The van der Waals surface area contributed by atoms with Gasteiger partial charge in [-0.15, -0.1) is 0 Å². The predicted octanol–water partition coefficient (Wildman–Crippen LogP) is 2.15. The van der Waals surface area contributed by atoms with Crippen LogP contribution >= 0.6 is 0 Å². The second kappa shape index (κ2) is 3.69. The van der Waals surface area contributed by atoms with Gasteiger partial charge in [-0.1, -0.05) is 6.92 Å². The first kappa shape index (κ1) is 8.72. The van der Waals surface area contributed by atoms with E-state index in [1.54, 1.807) is 0 Å². The molecule has 1 radical (unpaired) electrons. The maximum atomic E-state index is 11.9. The molecule has 0 aromatic carbocycles. The summed E-state index contributed by atoms with van der Waals surface area (Å²) in [4.78, 5) is 0. The Morgan fingerprint density at radius 2 is 1.56 bits per heavy atom. The van der Waals surface area contributed by atoms with E-state index in [0.29, 0.717) is 0 Å². The highest BCUT2D eigenvalue weighted by Gasteiger charge is 2.27. The van der Waals surface area contributed by atoms with Gasteiger partial charge in [0.05, 0.1) is 0 Å². The Labute approximate surface area is 50.9 Å². The molecule has 55 valence electrons. The molecule has 0 spiro atoms. The standard InChI is InChI=1S/C5H7F4/c1-2-3(6)4(7)5(8)9/h3-5H,1-2H2/t3?,4-/m0/s1. The van der Waals surface area contributed by atoms with E-state index in [2.05, 4.69) is 6.92 Å². The second-order valence-corrected chi connectivity index (χ2v) is 1.58. The molecule has 0 aliphatic rings. The lowest BCUT2D eigenvalue weighted by atomic mass is 10.2. The molecular weight excluding hydrogens is 136 g/mol. The lowest BCUT2D eigenvalue weighted by Gasteiger charge is -2.08. The summed E-state index contributed by atoms with van der Waals surface area (Å²) in [5, 5.41) is 0. The zero-order valence-electron chi connectivity index (χ0n) is 4.66. The molecule has 1 unspecified atom stereocenters. The van der Waals surface area contributed by atoms with E-state index < -0.39 is 25.2 Å². The quantitative estimate of drug-likeness (QED) is 0.531. The van der Waals surface area contributed by atoms with E-state index in [0.717, 1.165) is 0 Å². The Bertz CT molecular complexity index is 73.4. The van der Waals surface area contributed by atoms with Gasteiger partial charge in [0.15, 0.2) is 6.17 Å². The molecule has 0 bridgehead atoms. The number of alkyl halides is 4. The van der Waals surface area contributed by atoms with Gasteiger partial charge in [0.2, 0.25) is 0 Å². The minimum absolute atomic E-state index is 0.453. The summed E-state index contributed by atoms with van der Waals surface area (Å²) in [6, 6.07) is 0. The molecule has 0 heterocycles. The van der Waals surface area contributed by atoms with Crippen molar-refractivity contribution in [1.82, 2.24) is 0 Å². The smallest absolute Gasteiger partial charge is 0.244 e. The first-order valence-corrected chi connectivity index (χ1v) is 2.45. The first-order valence-electron chi connectivity index (χ1n) is 2.45. The molecule has 4 heteroatoms. The summed E-state index contributed by atoms with van der Waals surface area (Å²) < 4.78 is 46.1. The summed E-state index contributed by atoms with van der Waals surface area (Å²) in [5.74, 6) is 0. The van der Waals surface area contributed by atoms with Crippen molar-refractivity contribution in [1.29, 1.82) is 0 Å². The van der Waals surface area contributed by atoms with E-state index >= 15 is 0 Å². The summed E-state index contributed by atoms with van der Waals surface area (Å²) in [6.07, 6.45) is -8.50. The molecule has 0 aliphatic heterocycles. The predicted molar refractivity (Wildman–Crippen MR) is 25.8 cm³/mol. The van der Waals surface area contributed by atoms with Crippen LogP contribution in [0.4, 0.5) is 17.6 Å². The summed E-state index contributed by atoms with van der Waals surface area (Å²) >= 11 is 0. The van der Waals surface area contributed by atoms with E-state index in [4.69, 9.17) is 0 Å². The average molecular weight is 143 g/mol. The van der Waals surface area contributed by atoms with Gasteiger partial charge in [0, 0.05) is 0 Å². The van der Waals surface area contributed by atoms with Crippen molar-refractivity contribution in [2.45, 2.75) is 25.2 Å². The van der Waals surface area contributed by atoms with Crippen LogP contribution in [0.5, 0.6) is 0 Å². The molecule has 0 rings (SSSR count). The molecule has 0 aliphatic carbocycles. The lowest BCUT2D eigenvalue weighted by Crippen LogP contribution is -2.24. The van der Waals surface area contributed by atoms with Crippen molar-refractivity contribution in [2.75, 3.05) is 0 Å². The van der Waals surface area contributed by atoms with Gasteiger partial charge in [-0.25, -0.2) is 17.6 Å². The van der Waals surface area contributed by atoms with Crippen LogP contribution in [0.25, 0.3) is 0 Å². The average Bonchev–Trinajstić information content (AvgIpc) is 1.84. The molecule has 0 N–H and O–H groups in total. The third-order valence-electron chi connectivity index (χ3n) is 0.862. The molecular formula is C5H7F4. The Kier molecular flexibility index (Phi) is 3.58. The van der Waals surface area contributed by atoms with Crippen LogP contribution in [0.1, 0.15) is 6.42 Å². The fraction of sp³-hybridized carbons (Fsp3) is 0.800. The fourth-order valence-electron chi connectivity index (χ4n) is 0.317. The van der Waals surface area contributed by atoms with Crippen LogP contribution in [-0.2, 0) is 0 Å². The van der Waals surface area contributed by atoms with Crippen molar-refractivity contribution in [3.8, 4) is 0 Å². The maximum absolute atomic E-state index is 11.9. The molecule has 0 nitrogen and oxygen atoms in total. The Balaban J connectivity index is 3.58. The van der Waals surface area contributed by atoms with Crippen LogP contribution in [0.3, 0.4) is 0 Å². The van der Waals surface area contributed by atoms with Crippen LogP contribution < -0.4 is 0 Å². The topological polar surface area (TPSA) is 0 Å². The molecule has 0 saturated carbocycles.